The predicted octanol–water partition coefficient (Wildman–Crippen LogP) is 1.43. The molecule has 0 aliphatic heterocycles. The van der Waals surface area contributed by atoms with Crippen LogP contribution in [-0.4, -0.2) is 35.6 Å². The maximum atomic E-state index is 11.8. The zero-order chi connectivity index (χ0) is 12.3. The van der Waals surface area contributed by atoms with Gasteiger partial charge < -0.3 is 15.2 Å². The molecule has 0 fully saturated rings. The van der Waals surface area contributed by atoms with Gasteiger partial charge in [-0.1, -0.05) is 0 Å². The number of nitrogens with one attached hydrogen (secondary N) is 1. The maximum absolute atomic E-state index is 11.8. The molecule has 1 atom stereocenters. The number of ether oxygens (including phenoxy) is 1. The average molecular weight is 229 g/mol. The van der Waals surface area contributed by atoms with Gasteiger partial charge in [0.05, 0.1) is 6.54 Å². The molecule has 0 saturated carbocycles. The van der Waals surface area contributed by atoms with Gasteiger partial charge in [0.15, 0.2) is 6.10 Å². The lowest BCUT2D eigenvalue weighted by molar-refractivity contribution is -0.201. The maximum Gasteiger partial charge on any atom is 0.416 e. The van der Waals surface area contributed by atoms with Gasteiger partial charge in [0.1, 0.15) is 5.60 Å². The Morgan fingerprint density at radius 3 is 2.20 bits per heavy atom. The lowest BCUT2D eigenvalue weighted by atomic mass is 10.2. The normalized spacial score (nSPS) is 14.6. The summed E-state index contributed by atoms with van der Waals surface area (Å²) in [4.78, 5) is 10.9. The lowest BCUT2D eigenvalue weighted by Gasteiger charge is -2.21. The Morgan fingerprint density at radius 1 is 1.40 bits per heavy atom. The number of carbonyl (C=O) groups excluding carboxylic acids is 1. The molecule has 90 valence electrons. The Hall–Kier alpha value is -0.980. The van der Waals surface area contributed by atoms with E-state index in [-0.39, 0.29) is 0 Å². The Kier molecular flexibility index (Phi) is 4.39. The third-order valence-corrected chi connectivity index (χ3v) is 1.22. The molecule has 1 amide bonds. The summed E-state index contributed by atoms with van der Waals surface area (Å²) in [6.45, 7) is 3.81. The number of alkyl carbamates (subject to hydrolysis) is 1. The van der Waals surface area contributed by atoms with Crippen molar-refractivity contribution in [2.45, 2.75) is 38.7 Å². The fourth-order valence-corrected chi connectivity index (χ4v) is 0.610. The molecule has 4 nitrogen and oxygen atoms in total. The van der Waals surface area contributed by atoms with Gasteiger partial charge in [0, 0.05) is 0 Å². The second-order valence-electron chi connectivity index (χ2n) is 3.94. The summed E-state index contributed by atoms with van der Waals surface area (Å²) in [7, 11) is 0. The Bertz CT molecular complexity index is 222. The van der Waals surface area contributed by atoms with Crippen LogP contribution in [0.2, 0.25) is 0 Å². The predicted molar refractivity (Wildman–Crippen MR) is 46.3 cm³/mol. The standard InChI is InChI=1S/C8H14F3NO3/c1-7(2,3)15-6(14)12-4-5(13)8(9,10)11/h5,13H,4H2,1-3H3,(H,12,14)/t5-/m0/s1. The summed E-state index contributed by atoms with van der Waals surface area (Å²) in [6, 6.07) is 0. The van der Waals surface area contributed by atoms with Crippen molar-refractivity contribution in [3.63, 3.8) is 0 Å². The minimum atomic E-state index is -4.74. The van der Waals surface area contributed by atoms with Crippen molar-refractivity contribution in [2.24, 2.45) is 0 Å². The molecule has 0 rings (SSSR count). The Morgan fingerprint density at radius 2 is 1.87 bits per heavy atom. The van der Waals surface area contributed by atoms with E-state index in [0.717, 1.165) is 0 Å². The highest BCUT2D eigenvalue weighted by Gasteiger charge is 2.38. The quantitative estimate of drug-likeness (QED) is 0.753. The third kappa shape index (κ3) is 7.01. The highest BCUT2D eigenvalue weighted by Crippen LogP contribution is 2.19. The summed E-state index contributed by atoms with van der Waals surface area (Å²) in [5, 5.41) is 10.4. The van der Waals surface area contributed by atoms with Crippen LogP contribution in [-0.2, 0) is 4.74 Å². The van der Waals surface area contributed by atoms with Crippen molar-refractivity contribution in [1.82, 2.24) is 5.32 Å². The van der Waals surface area contributed by atoms with Crippen molar-refractivity contribution in [3.8, 4) is 0 Å². The number of halogens is 3. The Labute approximate surface area is 85.4 Å². The number of carbonyl (C=O) groups is 1. The fraction of sp³-hybridized carbons (Fsp3) is 0.875. The third-order valence-electron chi connectivity index (χ3n) is 1.22. The Balaban J connectivity index is 3.92. The highest BCUT2D eigenvalue weighted by molar-refractivity contribution is 5.67. The van der Waals surface area contributed by atoms with E-state index >= 15 is 0 Å². The first kappa shape index (κ1) is 14.0. The molecule has 0 heterocycles. The largest absolute Gasteiger partial charge is 0.444 e. The highest BCUT2D eigenvalue weighted by atomic mass is 19.4. The molecule has 0 aromatic rings. The van der Waals surface area contributed by atoms with E-state index in [1.54, 1.807) is 20.8 Å². The monoisotopic (exact) mass is 229 g/mol. The molecule has 0 unspecified atom stereocenters. The minimum Gasteiger partial charge on any atom is -0.444 e. The molecule has 0 aromatic carbocycles. The summed E-state index contributed by atoms with van der Waals surface area (Å²) < 4.78 is 40.1. The van der Waals surface area contributed by atoms with Gasteiger partial charge in [-0.15, -0.1) is 0 Å². The SMILES string of the molecule is CC(C)(C)OC(=O)NC[C@H](O)C(F)(F)F. The van der Waals surface area contributed by atoms with Gasteiger partial charge in [-0.05, 0) is 20.8 Å². The van der Waals surface area contributed by atoms with Crippen molar-refractivity contribution in [1.29, 1.82) is 0 Å². The zero-order valence-electron chi connectivity index (χ0n) is 8.68. The second kappa shape index (κ2) is 4.69. The number of amides is 1. The van der Waals surface area contributed by atoms with E-state index < -0.39 is 30.5 Å². The van der Waals surface area contributed by atoms with E-state index in [2.05, 4.69) is 4.74 Å². The van der Waals surface area contributed by atoms with Crippen molar-refractivity contribution in [3.05, 3.63) is 0 Å². The van der Waals surface area contributed by atoms with Gasteiger partial charge in [-0.2, -0.15) is 13.2 Å². The van der Waals surface area contributed by atoms with E-state index in [1.807, 2.05) is 5.32 Å². The molecule has 7 heteroatoms. The number of hydrogen-bond acceptors (Lipinski definition) is 3. The molecule has 0 radical (unpaired) electrons. The molecular formula is C8H14F3NO3. The summed E-state index contributed by atoms with van der Waals surface area (Å²) in [5.41, 5.74) is -0.784. The van der Waals surface area contributed by atoms with Crippen LogP contribution in [0, 0.1) is 0 Å². The van der Waals surface area contributed by atoms with Gasteiger partial charge in [0.25, 0.3) is 0 Å². The van der Waals surface area contributed by atoms with Crippen LogP contribution < -0.4 is 5.32 Å². The van der Waals surface area contributed by atoms with E-state index in [9.17, 15) is 18.0 Å². The fourth-order valence-electron chi connectivity index (χ4n) is 0.610. The van der Waals surface area contributed by atoms with E-state index in [0.29, 0.717) is 0 Å². The summed E-state index contributed by atoms with van der Waals surface area (Å²) in [6.07, 6.45) is -8.31. The average Bonchev–Trinajstić information content (AvgIpc) is 1.94. The van der Waals surface area contributed by atoms with Gasteiger partial charge >= 0.3 is 12.3 Å². The topological polar surface area (TPSA) is 58.6 Å². The number of alkyl halides is 3. The molecule has 0 aromatic heterocycles. The molecule has 0 aliphatic rings. The molecule has 2 N–H and O–H groups in total. The minimum absolute atomic E-state index is 0.784. The first-order valence-corrected chi connectivity index (χ1v) is 4.24. The van der Waals surface area contributed by atoms with Crippen LogP contribution in [0.25, 0.3) is 0 Å². The van der Waals surface area contributed by atoms with Gasteiger partial charge in [-0.3, -0.25) is 0 Å². The number of aliphatic hydroxyl groups is 1. The number of aliphatic hydroxyl groups excluding tert-OH is 1. The first-order chi connectivity index (χ1) is 6.52. The van der Waals surface area contributed by atoms with Crippen LogP contribution >= 0.6 is 0 Å². The first-order valence-electron chi connectivity index (χ1n) is 4.24. The molecular weight excluding hydrogens is 215 g/mol. The van der Waals surface area contributed by atoms with Crippen LogP contribution in [0.15, 0.2) is 0 Å². The van der Waals surface area contributed by atoms with Crippen LogP contribution in [0.3, 0.4) is 0 Å². The second-order valence-corrected chi connectivity index (χ2v) is 3.94. The van der Waals surface area contributed by atoms with Crippen molar-refractivity contribution in [2.75, 3.05) is 6.54 Å². The molecule has 0 saturated heterocycles. The molecule has 0 bridgehead atoms. The number of rotatable bonds is 2. The molecule has 0 spiro atoms. The van der Waals surface area contributed by atoms with Gasteiger partial charge in [-0.25, -0.2) is 4.79 Å². The smallest absolute Gasteiger partial charge is 0.416 e. The van der Waals surface area contributed by atoms with Crippen LogP contribution in [0.4, 0.5) is 18.0 Å². The van der Waals surface area contributed by atoms with Gasteiger partial charge in [0.2, 0.25) is 0 Å². The summed E-state index contributed by atoms with van der Waals surface area (Å²) >= 11 is 0. The lowest BCUT2D eigenvalue weighted by Crippen LogP contribution is -2.42. The summed E-state index contributed by atoms with van der Waals surface area (Å²) in [5.74, 6) is 0. The zero-order valence-corrected chi connectivity index (χ0v) is 8.68. The van der Waals surface area contributed by atoms with E-state index in [1.165, 1.54) is 0 Å². The van der Waals surface area contributed by atoms with Crippen molar-refractivity contribution >= 4 is 6.09 Å². The van der Waals surface area contributed by atoms with Crippen molar-refractivity contribution < 1.29 is 27.8 Å². The molecule has 15 heavy (non-hydrogen) atoms. The van der Waals surface area contributed by atoms with Crippen LogP contribution in [0.1, 0.15) is 20.8 Å². The van der Waals surface area contributed by atoms with Crippen LogP contribution in [0.5, 0.6) is 0 Å². The van der Waals surface area contributed by atoms with E-state index in [4.69, 9.17) is 5.11 Å². The molecule has 0 aliphatic carbocycles. The number of hydrogen-bond donors (Lipinski definition) is 2.